The number of nitrogens with zero attached hydrogens (tertiary/aromatic N) is 4. The molecule has 0 aromatic carbocycles. The van der Waals surface area contributed by atoms with Crippen molar-refractivity contribution in [2.24, 2.45) is 0 Å². The van der Waals surface area contributed by atoms with Crippen LogP contribution in [0.15, 0.2) is 6.33 Å². The predicted octanol–water partition coefficient (Wildman–Crippen LogP) is 3.02. The number of imidazole rings is 1. The molecule has 2 aromatic rings. The number of fused-ring (bicyclic) bond motifs is 1. The fraction of sp³-hybridized carbons (Fsp3) is 0.667. The largest absolute Gasteiger partial charge is 0.346 e. The molecule has 2 heterocycles. The Morgan fingerprint density at radius 1 is 1.00 bits per heavy atom. The number of rotatable bonds is 8. The molecule has 0 aliphatic heterocycles. The predicted molar refractivity (Wildman–Crippen MR) is 105 cm³/mol. The highest BCUT2D eigenvalue weighted by Gasteiger charge is 2.70. The first-order valence-corrected chi connectivity index (χ1v) is 12.5. The van der Waals surface area contributed by atoms with Gasteiger partial charge in [0.25, 0.3) is 0 Å². The third-order valence-corrected chi connectivity index (χ3v) is 10.8. The van der Waals surface area contributed by atoms with Gasteiger partial charge in [-0.05, 0) is 19.3 Å². The molecule has 4 N–H and O–H groups in total. The van der Waals surface area contributed by atoms with Crippen molar-refractivity contribution in [3.63, 3.8) is 0 Å². The number of halogens is 1. The van der Waals surface area contributed by atoms with Gasteiger partial charge in [-0.25, -0.2) is 15.0 Å². The quantitative estimate of drug-likeness (QED) is 0.347. The van der Waals surface area contributed by atoms with Gasteiger partial charge in [0.2, 0.25) is 0 Å². The minimum Gasteiger partial charge on any atom is -0.324 e. The molecule has 0 saturated carbocycles. The van der Waals surface area contributed by atoms with E-state index in [2.05, 4.69) is 15.0 Å². The summed E-state index contributed by atoms with van der Waals surface area (Å²) in [7, 11) is -10.6. The molecule has 0 amide bonds. The molecule has 2 aromatic heterocycles. The summed E-state index contributed by atoms with van der Waals surface area (Å²) >= 11 is 6.18. The molecule has 0 unspecified atom stereocenters. The molecule has 28 heavy (non-hydrogen) atoms. The van der Waals surface area contributed by atoms with E-state index in [4.69, 9.17) is 11.6 Å². The zero-order valence-corrected chi connectivity index (χ0v) is 18.6. The van der Waals surface area contributed by atoms with Crippen molar-refractivity contribution in [3.05, 3.63) is 17.3 Å². The van der Waals surface area contributed by atoms with Crippen LogP contribution >= 0.6 is 26.8 Å². The van der Waals surface area contributed by atoms with E-state index in [1.54, 1.807) is 13.8 Å². The van der Waals surface area contributed by atoms with Crippen LogP contribution in [0.25, 0.3) is 11.2 Å². The van der Waals surface area contributed by atoms with Gasteiger partial charge in [-0.3, -0.25) is 9.13 Å². The van der Waals surface area contributed by atoms with Gasteiger partial charge in [-0.15, -0.1) is 0 Å². The van der Waals surface area contributed by atoms with E-state index in [0.29, 0.717) is 12.2 Å². The van der Waals surface area contributed by atoms with Crippen LogP contribution in [0.5, 0.6) is 0 Å². The summed E-state index contributed by atoms with van der Waals surface area (Å²) in [6.45, 7) is 6.41. The number of aromatic nitrogens is 4. The zero-order chi connectivity index (χ0) is 21.5. The molecule has 0 radical (unpaired) electrons. The SMILES string of the molecule is CCc1nc(Cl)c2ncn(C(CC)(CC)C(CC)(P(=O)(O)O)P(=O)(O)O)c2n1. The summed E-state index contributed by atoms with van der Waals surface area (Å²) in [5.41, 5.74) is -1.29. The van der Waals surface area contributed by atoms with Gasteiger partial charge in [0.05, 0.1) is 11.9 Å². The van der Waals surface area contributed by atoms with Crippen molar-refractivity contribution >= 4 is 38.0 Å². The Kier molecular flexibility index (Phi) is 6.49. The van der Waals surface area contributed by atoms with Crippen LogP contribution in [0.3, 0.4) is 0 Å². The summed E-state index contributed by atoms with van der Waals surface area (Å²) < 4.78 is 26.6. The van der Waals surface area contributed by atoms with E-state index in [9.17, 15) is 28.7 Å². The highest BCUT2D eigenvalue weighted by molar-refractivity contribution is 7.72. The second kappa shape index (κ2) is 7.76. The molecule has 0 saturated heterocycles. The first-order chi connectivity index (χ1) is 12.9. The maximum atomic E-state index is 12.6. The van der Waals surface area contributed by atoms with Gasteiger partial charge >= 0.3 is 15.2 Å². The van der Waals surface area contributed by atoms with E-state index in [1.165, 1.54) is 17.8 Å². The van der Waals surface area contributed by atoms with Gasteiger partial charge < -0.3 is 24.1 Å². The Balaban J connectivity index is 3.05. The third-order valence-electron chi connectivity index (χ3n) is 5.55. The average Bonchev–Trinajstić information content (AvgIpc) is 3.02. The highest BCUT2D eigenvalue weighted by atomic mass is 35.5. The minimum absolute atomic E-state index is 0.0160. The van der Waals surface area contributed by atoms with Crippen molar-refractivity contribution < 1.29 is 28.7 Å². The maximum absolute atomic E-state index is 12.6. The molecule has 13 heteroatoms. The van der Waals surface area contributed by atoms with Crippen molar-refractivity contribution in [1.29, 1.82) is 0 Å². The van der Waals surface area contributed by atoms with Crippen molar-refractivity contribution in [2.75, 3.05) is 0 Å². The minimum atomic E-state index is -5.32. The Bertz CT molecular complexity index is 943. The Labute approximate surface area is 167 Å². The topological polar surface area (TPSA) is 159 Å². The first kappa shape index (κ1) is 23.4. The summed E-state index contributed by atoms with van der Waals surface area (Å²) in [5.74, 6) is 0.384. The normalized spacial score (nSPS) is 14.0. The Hall–Kier alpha value is -0.860. The van der Waals surface area contributed by atoms with Crippen molar-refractivity contribution in [3.8, 4) is 0 Å². The van der Waals surface area contributed by atoms with Crippen molar-refractivity contribution in [2.45, 2.75) is 63.8 Å². The third kappa shape index (κ3) is 3.16. The molecule has 0 aliphatic carbocycles. The lowest BCUT2D eigenvalue weighted by Crippen LogP contribution is -2.54. The van der Waals surface area contributed by atoms with E-state index >= 15 is 0 Å². The Morgan fingerprint density at radius 2 is 1.54 bits per heavy atom. The lowest BCUT2D eigenvalue weighted by Gasteiger charge is -2.50. The van der Waals surface area contributed by atoms with E-state index in [-0.39, 0.29) is 29.2 Å². The van der Waals surface area contributed by atoms with Gasteiger partial charge in [0, 0.05) is 6.42 Å². The molecule has 10 nitrogen and oxygen atoms in total. The molecular weight excluding hydrogens is 430 g/mol. The van der Waals surface area contributed by atoms with Crippen LogP contribution in [-0.4, -0.2) is 44.0 Å². The van der Waals surface area contributed by atoms with Gasteiger partial charge in [-0.1, -0.05) is 39.3 Å². The molecule has 0 atom stereocenters. The molecule has 0 spiro atoms. The van der Waals surface area contributed by atoms with Crippen molar-refractivity contribution in [1.82, 2.24) is 19.5 Å². The smallest absolute Gasteiger partial charge is 0.324 e. The number of hydrogen-bond acceptors (Lipinski definition) is 5. The molecule has 0 fully saturated rings. The fourth-order valence-corrected chi connectivity index (χ4v) is 8.53. The van der Waals surface area contributed by atoms with Crippen LogP contribution in [0.2, 0.25) is 5.15 Å². The summed E-state index contributed by atoms with van der Waals surface area (Å²) in [4.78, 5) is 50.9. The van der Waals surface area contributed by atoms with Gasteiger partial charge in [-0.2, -0.15) is 0 Å². The second-order valence-electron chi connectivity index (χ2n) is 6.57. The van der Waals surface area contributed by atoms with Gasteiger partial charge in [0.15, 0.2) is 15.7 Å². The lowest BCUT2D eigenvalue weighted by molar-refractivity contribution is 0.165. The molecule has 0 aliphatic rings. The standard InChI is InChI=1S/C15H25ClN4O6P2/c1-5-10-18-12(16)11-13(19-10)20(9-17-11)14(6-2,7-3)15(8-4,27(21,22)23)28(24,25)26/h9H,5-8H2,1-4H3,(H2,21,22,23)(H2,24,25,26). The maximum Gasteiger partial charge on any atom is 0.346 e. The summed E-state index contributed by atoms with van der Waals surface area (Å²) in [6.07, 6.45) is 1.29. The second-order valence-corrected chi connectivity index (χ2v) is 11.0. The number of hydrogen-bond donors (Lipinski definition) is 4. The average molecular weight is 455 g/mol. The van der Waals surface area contributed by atoms with E-state index < -0.39 is 32.0 Å². The van der Waals surface area contributed by atoms with Crippen LogP contribution in [0, 0.1) is 0 Å². The first-order valence-electron chi connectivity index (χ1n) is 8.88. The molecule has 0 bridgehead atoms. The van der Waals surface area contributed by atoms with Crippen LogP contribution < -0.4 is 0 Å². The molecular formula is C15H25ClN4O6P2. The molecule has 2 rings (SSSR count). The summed E-state index contributed by atoms with van der Waals surface area (Å²) in [6, 6.07) is 0. The monoisotopic (exact) mass is 454 g/mol. The van der Waals surface area contributed by atoms with Gasteiger partial charge in [0.1, 0.15) is 11.3 Å². The molecule has 158 valence electrons. The Morgan fingerprint density at radius 3 is 1.93 bits per heavy atom. The fourth-order valence-electron chi connectivity index (χ4n) is 4.18. The lowest BCUT2D eigenvalue weighted by atomic mass is 9.86. The van der Waals surface area contributed by atoms with Crippen LogP contribution in [-0.2, 0) is 21.1 Å². The highest BCUT2D eigenvalue weighted by Crippen LogP contribution is 2.77. The zero-order valence-electron chi connectivity index (χ0n) is 16.1. The van der Waals surface area contributed by atoms with Crippen LogP contribution in [0.1, 0.15) is 52.8 Å². The summed E-state index contributed by atoms with van der Waals surface area (Å²) in [5, 5.41) is 0.0659. The number of aryl methyl sites for hydroxylation is 1. The van der Waals surface area contributed by atoms with Crippen LogP contribution in [0.4, 0.5) is 0 Å². The van der Waals surface area contributed by atoms with E-state index in [1.807, 2.05) is 6.92 Å². The van der Waals surface area contributed by atoms with E-state index in [0.717, 1.165) is 0 Å².